The van der Waals surface area contributed by atoms with Crippen molar-refractivity contribution in [2.45, 2.75) is 69.6 Å². The summed E-state index contributed by atoms with van der Waals surface area (Å²) < 4.78 is 0. The average Bonchev–Trinajstić information content (AvgIpc) is 4.16. The second-order valence-corrected chi connectivity index (χ2v) is 18.5. The number of nitrogens with zero attached hydrogens (tertiary/aromatic N) is 6. The highest BCUT2D eigenvalue weighted by atomic mass is 33.1. The van der Waals surface area contributed by atoms with Gasteiger partial charge in [-0.1, -0.05) is 21.6 Å². The third kappa shape index (κ3) is 15.0. The van der Waals surface area contributed by atoms with Crippen LogP contribution in [0.4, 0.5) is 11.6 Å². The molecule has 0 fully saturated rings. The van der Waals surface area contributed by atoms with E-state index in [9.17, 15) is 48.6 Å². The number of nitrogen functional groups attached to an aromatic ring is 1. The Balaban J connectivity index is 1.08. The van der Waals surface area contributed by atoms with Crippen LogP contribution in [0.3, 0.4) is 0 Å². The molecule has 70 heavy (non-hydrogen) atoms. The van der Waals surface area contributed by atoms with Gasteiger partial charge in [-0.15, -0.1) is 0 Å². The van der Waals surface area contributed by atoms with Gasteiger partial charge in [0.25, 0.3) is 11.5 Å². The van der Waals surface area contributed by atoms with Gasteiger partial charge in [-0.25, -0.2) is 34.5 Å². The number of carboxylic acids is 2. The SMILES string of the molecule is CSSCC(NC(=O)C(CC(=O)C(Cc1cnc[nH]1)NC(=O)C(CC(=O)CC[C@H](NC(=O)c1ccc(NCc2cnc3nc(N)[nH]c(=O)c3n2)cc1)C(=O)O)Cc1cnc[nH]1)Cc1cnc[nH]1)C(=O)O. The van der Waals surface area contributed by atoms with Crippen LogP contribution in [0.2, 0.25) is 0 Å². The van der Waals surface area contributed by atoms with E-state index >= 15 is 0 Å². The molecule has 0 bridgehead atoms. The number of hydrogen-bond acceptors (Lipinski definition) is 18. The molecule has 0 radical (unpaired) electrons. The van der Waals surface area contributed by atoms with E-state index in [-0.39, 0.29) is 73.5 Å². The zero-order valence-corrected chi connectivity index (χ0v) is 39.0. The van der Waals surface area contributed by atoms with E-state index in [0.717, 1.165) is 0 Å². The number of carbonyl (C=O) groups excluding carboxylic acids is 5. The van der Waals surface area contributed by atoms with Crippen LogP contribution in [0.1, 0.15) is 58.8 Å². The highest BCUT2D eigenvalue weighted by Crippen LogP contribution is 2.21. The summed E-state index contributed by atoms with van der Waals surface area (Å²) in [7, 11) is 2.57. The standard InChI is InChI=1S/C43H49N15O10S2/c1-69-70-18-33(42(67)68)56-39(63)24(9-27-14-46-20-51-27)11-34(60)32(12-28-15-47-21-52-28)55-38(62)23(8-26-13-45-19-50-26)10-30(59)6-7-31(41(65)66)54-37(61)22-2-4-25(5-3-22)48-16-29-17-49-36-35(53-29)40(64)58-43(44)57-36/h2-5,13-15,17,19-21,23-24,31-33,48H,6-12,16,18H2,1H3,(H,45,50)(H,46,51)(H,47,52)(H,54,61)(H,55,62)(H,56,63)(H,65,66)(H,67,68)(H3,44,49,57,58,64)/t23?,24?,31-,32?,33?/m0/s1. The molecule has 1 aromatic carbocycles. The molecule has 0 aliphatic heterocycles. The number of aromatic amines is 4. The van der Waals surface area contributed by atoms with Gasteiger partial charge in [-0.2, -0.15) is 4.98 Å². The van der Waals surface area contributed by atoms with E-state index in [0.29, 0.717) is 28.5 Å². The number of fused-ring (bicyclic) bond motifs is 1. The van der Waals surface area contributed by atoms with E-state index in [1.54, 1.807) is 18.4 Å². The Bertz CT molecular complexity index is 2810. The van der Waals surface area contributed by atoms with Crippen molar-refractivity contribution < 1.29 is 43.8 Å². The van der Waals surface area contributed by atoms with Crippen molar-refractivity contribution in [2.75, 3.05) is 23.1 Å². The highest BCUT2D eigenvalue weighted by Gasteiger charge is 2.33. The smallest absolute Gasteiger partial charge is 0.327 e. The van der Waals surface area contributed by atoms with Gasteiger partial charge < -0.3 is 52.2 Å². The number of Topliss-reactive ketones (excluding diaryl/α,β-unsaturated/α-hetero) is 2. The lowest BCUT2D eigenvalue weighted by Gasteiger charge is -2.24. The first kappa shape index (κ1) is 51.5. The van der Waals surface area contributed by atoms with Gasteiger partial charge in [0.05, 0.1) is 55.3 Å². The molecule has 5 atom stereocenters. The Hall–Kier alpha value is -7.94. The molecule has 6 aromatic rings. The predicted octanol–water partition coefficient (Wildman–Crippen LogP) is 0.984. The number of carbonyl (C=O) groups is 7. The van der Waals surface area contributed by atoms with Gasteiger partial charge in [-0.05, 0) is 36.9 Å². The van der Waals surface area contributed by atoms with Gasteiger partial charge in [-0.3, -0.25) is 33.8 Å². The fourth-order valence-corrected chi connectivity index (χ4v) is 8.46. The van der Waals surface area contributed by atoms with Crippen molar-refractivity contribution in [1.82, 2.24) is 65.8 Å². The number of aromatic nitrogens is 10. The summed E-state index contributed by atoms with van der Waals surface area (Å²) in [6.07, 6.45) is 10.2. The Kier molecular flexibility index (Phi) is 18.3. The van der Waals surface area contributed by atoms with Crippen molar-refractivity contribution in [3.8, 4) is 0 Å². The second kappa shape index (κ2) is 24.9. The molecule has 368 valence electrons. The van der Waals surface area contributed by atoms with Gasteiger partial charge >= 0.3 is 11.9 Å². The second-order valence-electron chi connectivity index (χ2n) is 15.9. The van der Waals surface area contributed by atoms with Gasteiger partial charge in [0.2, 0.25) is 17.8 Å². The summed E-state index contributed by atoms with van der Waals surface area (Å²) in [6, 6.07) is 2.12. The van der Waals surface area contributed by atoms with Gasteiger partial charge in [0.15, 0.2) is 16.9 Å². The molecule has 0 spiro atoms. The topological polar surface area (TPSA) is 392 Å². The number of H-pyrrole nitrogens is 4. The highest BCUT2D eigenvalue weighted by molar-refractivity contribution is 8.76. The third-order valence-corrected chi connectivity index (χ3v) is 12.6. The van der Waals surface area contributed by atoms with Gasteiger partial charge in [0, 0.05) is 91.2 Å². The maximum atomic E-state index is 14.2. The summed E-state index contributed by atoms with van der Waals surface area (Å²) in [5.41, 5.74) is 7.71. The maximum absolute atomic E-state index is 14.2. The van der Waals surface area contributed by atoms with Crippen LogP contribution in [0.5, 0.6) is 0 Å². The van der Waals surface area contributed by atoms with Crippen LogP contribution in [-0.4, -0.2) is 131 Å². The Morgan fingerprint density at radius 3 is 1.89 bits per heavy atom. The summed E-state index contributed by atoms with van der Waals surface area (Å²) in [4.78, 5) is 141. The molecule has 5 heterocycles. The number of hydrogen-bond donors (Lipinski definition) is 11. The molecule has 0 saturated carbocycles. The number of benzene rings is 1. The summed E-state index contributed by atoms with van der Waals surface area (Å²) >= 11 is 0. The van der Waals surface area contributed by atoms with Crippen molar-refractivity contribution in [1.29, 1.82) is 0 Å². The molecule has 6 rings (SSSR count). The summed E-state index contributed by atoms with van der Waals surface area (Å²) in [6.45, 7) is 0.158. The lowest BCUT2D eigenvalue weighted by atomic mass is 9.90. The quantitative estimate of drug-likeness (QED) is 0.0305. The summed E-state index contributed by atoms with van der Waals surface area (Å²) in [5.74, 6) is -8.00. The minimum Gasteiger partial charge on any atom is -0.480 e. The van der Waals surface area contributed by atoms with E-state index in [1.165, 1.54) is 77.5 Å². The molecule has 5 aromatic heterocycles. The van der Waals surface area contributed by atoms with E-state index < -0.39 is 83.2 Å². The van der Waals surface area contributed by atoms with Gasteiger partial charge in [0.1, 0.15) is 17.9 Å². The molecule has 3 amide bonds. The minimum absolute atomic E-state index is 0.00613. The molecule has 27 heteroatoms. The monoisotopic (exact) mass is 999 g/mol. The number of imidazole rings is 3. The van der Waals surface area contributed by atoms with E-state index in [1.807, 2.05) is 0 Å². The number of carboxylic acid groups (broad SMARTS) is 2. The normalized spacial score (nSPS) is 13.3. The van der Waals surface area contributed by atoms with Crippen LogP contribution in [0.15, 0.2) is 72.8 Å². The largest absolute Gasteiger partial charge is 0.480 e. The third-order valence-electron chi connectivity index (χ3n) is 10.8. The van der Waals surface area contributed by atoms with Crippen LogP contribution in [0, 0.1) is 11.8 Å². The lowest BCUT2D eigenvalue weighted by molar-refractivity contribution is -0.142. The first-order valence-corrected chi connectivity index (χ1v) is 24.2. The lowest BCUT2D eigenvalue weighted by Crippen LogP contribution is -2.49. The minimum atomic E-state index is -1.48. The molecule has 12 N–H and O–H groups in total. The van der Waals surface area contributed by atoms with Crippen LogP contribution in [-0.2, 0) is 54.6 Å². The Labute approximate surface area is 405 Å². The zero-order valence-electron chi connectivity index (χ0n) is 37.3. The molecular weight excluding hydrogens is 951 g/mol. The Morgan fingerprint density at radius 1 is 0.729 bits per heavy atom. The average molecular weight is 1000 g/mol. The number of nitrogens with two attached hydrogens (primary N) is 1. The maximum Gasteiger partial charge on any atom is 0.327 e. The molecule has 0 aliphatic carbocycles. The first-order chi connectivity index (χ1) is 33.6. The molecule has 4 unspecified atom stereocenters. The predicted molar refractivity (Wildman–Crippen MR) is 255 cm³/mol. The number of aliphatic carboxylic acids is 2. The molecule has 25 nitrogen and oxygen atoms in total. The number of nitrogens with one attached hydrogen (secondary N) is 8. The van der Waals surface area contributed by atoms with Crippen LogP contribution >= 0.6 is 21.6 Å². The molecular formula is C43H49N15O10S2. The van der Waals surface area contributed by atoms with Crippen LogP contribution in [0.25, 0.3) is 11.2 Å². The Morgan fingerprint density at radius 2 is 1.31 bits per heavy atom. The molecule has 0 saturated heterocycles. The van der Waals surface area contributed by atoms with Crippen molar-refractivity contribution in [3.63, 3.8) is 0 Å². The number of anilines is 2. The number of ketones is 2. The zero-order chi connectivity index (χ0) is 50.2. The van der Waals surface area contributed by atoms with Crippen molar-refractivity contribution in [3.05, 3.63) is 107 Å². The van der Waals surface area contributed by atoms with Crippen molar-refractivity contribution >= 4 is 85.6 Å². The first-order valence-electron chi connectivity index (χ1n) is 21.5. The fraction of sp³-hybridized carbons (Fsp3) is 0.349. The fourth-order valence-electron chi connectivity index (χ4n) is 7.14. The molecule has 0 aliphatic rings. The van der Waals surface area contributed by atoms with Crippen LogP contribution < -0.4 is 32.6 Å². The van der Waals surface area contributed by atoms with E-state index in [4.69, 9.17) is 5.73 Å². The van der Waals surface area contributed by atoms with Crippen molar-refractivity contribution in [2.24, 2.45) is 11.8 Å². The van der Waals surface area contributed by atoms with E-state index in [2.05, 4.69) is 71.1 Å². The summed E-state index contributed by atoms with van der Waals surface area (Å²) in [5, 5.41) is 30.6. The number of amides is 3. The number of rotatable bonds is 28.